The van der Waals surface area contributed by atoms with Gasteiger partial charge in [0.25, 0.3) is 0 Å². The Morgan fingerprint density at radius 3 is 2.19 bits per heavy atom. The van der Waals surface area contributed by atoms with Gasteiger partial charge in [0.15, 0.2) is 0 Å². The van der Waals surface area contributed by atoms with Crippen molar-refractivity contribution in [3.63, 3.8) is 0 Å². The average molecular weight is 493 g/mol. The Hall–Kier alpha value is -2.96. The number of nitrogens with zero attached hydrogens (tertiary/aromatic N) is 3. The van der Waals surface area contributed by atoms with Crippen LogP contribution in [0, 0.1) is 0 Å². The van der Waals surface area contributed by atoms with Crippen LogP contribution in [0.5, 0.6) is 0 Å². The Kier molecular flexibility index (Phi) is 9.09. The van der Waals surface area contributed by atoms with Gasteiger partial charge >= 0.3 is 5.97 Å². The van der Waals surface area contributed by atoms with Crippen LogP contribution >= 0.6 is 0 Å². The second-order valence-corrected chi connectivity index (χ2v) is 11.9. The molecule has 0 spiro atoms. The lowest BCUT2D eigenvalue weighted by Crippen LogP contribution is -2.35. The number of aliphatic imine (C=N–C) groups is 1. The van der Waals surface area contributed by atoms with Crippen LogP contribution in [-0.2, 0) is 17.6 Å². The second-order valence-electron chi connectivity index (χ2n) is 11.9. The van der Waals surface area contributed by atoms with Crippen molar-refractivity contribution in [2.45, 2.75) is 38.5 Å². The maximum Gasteiger partial charge on any atom is 0.303 e. The molecule has 6 heteroatoms. The first-order valence-corrected chi connectivity index (χ1v) is 13.0. The first-order valence-electron chi connectivity index (χ1n) is 13.0. The molecule has 0 radical (unpaired) electrons. The van der Waals surface area contributed by atoms with E-state index in [0.29, 0.717) is 6.42 Å². The molecule has 2 aromatic rings. The van der Waals surface area contributed by atoms with Gasteiger partial charge in [0.1, 0.15) is 0 Å². The Bertz CT molecular complexity index is 1130. The number of nitrogens with one attached hydrogen (secondary N) is 1. The molecule has 0 amide bonds. The summed E-state index contributed by atoms with van der Waals surface area (Å²) in [6.07, 6.45) is 9.14. The number of aromatic nitrogens is 1. The maximum absolute atomic E-state index is 11.2. The van der Waals surface area contributed by atoms with Crippen LogP contribution < -0.4 is 0 Å². The number of H-pyrrole nitrogens is 1. The standard InChI is InChI=1S/C30H42N4O2/c1-33(2,3)18-10-14-24-20-26(16-17-30(35)36)31-28(24)22-29-25(15-11-19-34(4,5)6)21-27(32-29)23-12-8-7-9-13-23/h7-9,12-13,20-22H,10-11,14-19H2,1-6H3/p+2. The number of allylic oxidation sites excluding steroid dienone is 2. The zero-order valence-corrected chi connectivity index (χ0v) is 23.0. The summed E-state index contributed by atoms with van der Waals surface area (Å²) < 4.78 is 1.87. The van der Waals surface area contributed by atoms with E-state index in [9.17, 15) is 4.79 Å². The topological polar surface area (TPSA) is 65.5 Å². The fourth-order valence-corrected chi connectivity index (χ4v) is 4.47. The van der Waals surface area contributed by atoms with Gasteiger partial charge in [0.2, 0.25) is 0 Å². The molecule has 194 valence electrons. The minimum atomic E-state index is -0.772. The molecule has 3 rings (SSSR count). The highest BCUT2D eigenvalue weighted by molar-refractivity contribution is 6.12. The number of aromatic amines is 1. The third-order valence-electron chi connectivity index (χ3n) is 6.38. The number of aryl methyl sites for hydroxylation is 2. The summed E-state index contributed by atoms with van der Waals surface area (Å²) in [6, 6.07) is 12.5. The number of quaternary nitrogens is 2. The molecule has 0 saturated carbocycles. The molecule has 0 bridgehead atoms. The summed E-state index contributed by atoms with van der Waals surface area (Å²) in [4.78, 5) is 19.7. The van der Waals surface area contributed by atoms with E-state index < -0.39 is 5.97 Å². The molecular formula is C30H44N4O2+2. The van der Waals surface area contributed by atoms with Crippen molar-refractivity contribution in [1.29, 1.82) is 0 Å². The highest BCUT2D eigenvalue weighted by atomic mass is 16.4. The molecule has 2 heterocycles. The van der Waals surface area contributed by atoms with Crippen molar-refractivity contribution in [2.75, 3.05) is 55.4 Å². The first kappa shape index (κ1) is 27.6. The molecule has 1 aliphatic rings. The molecule has 0 aliphatic carbocycles. The lowest BCUT2D eigenvalue weighted by molar-refractivity contribution is -0.870. The summed E-state index contributed by atoms with van der Waals surface area (Å²) >= 11 is 0. The summed E-state index contributed by atoms with van der Waals surface area (Å²) in [5, 5.41) is 9.17. The van der Waals surface area contributed by atoms with Crippen LogP contribution in [0.2, 0.25) is 0 Å². The van der Waals surface area contributed by atoms with Gasteiger partial charge in [-0.25, -0.2) is 4.99 Å². The van der Waals surface area contributed by atoms with Crippen LogP contribution in [0.1, 0.15) is 48.2 Å². The number of carboxylic acids is 1. The van der Waals surface area contributed by atoms with Gasteiger partial charge in [-0.15, -0.1) is 0 Å². The predicted octanol–water partition coefficient (Wildman–Crippen LogP) is 4.93. The van der Waals surface area contributed by atoms with Crippen molar-refractivity contribution in [1.82, 2.24) is 4.98 Å². The van der Waals surface area contributed by atoms with Crippen LogP contribution in [0.4, 0.5) is 0 Å². The number of carboxylic acid groups (broad SMARTS) is 1. The molecule has 2 N–H and O–H groups in total. The minimum absolute atomic E-state index is 0.126. The summed E-state index contributed by atoms with van der Waals surface area (Å²) in [6.45, 7) is 2.18. The molecule has 1 aromatic carbocycles. The van der Waals surface area contributed by atoms with Gasteiger partial charge in [-0.05, 0) is 48.6 Å². The van der Waals surface area contributed by atoms with E-state index in [1.54, 1.807) is 0 Å². The van der Waals surface area contributed by atoms with Crippen molar-refractivity contribution in [3.05, 3.63) is 76.3 Å². The fourth-order valence-electron chi connectivity index (χ4n) is 4.47. The van der Waals surface area contributed by atoms with Gasteiger partial charge in [-0.3, -0.25) is 4.79 Å². The minimum Gasteiger partial charge on any atom is -0.481 e. The van der Waals surface area contributed by atoms with E-state index in [4.69, 9.17) is 10.1 Å². The van der Waals surface area contributed by atoms with Gasteiger partial charge < -0.3 is 19.1 Å². The van der Waals surface area contributed by atoms with Crippen molar-refractivity contribution in [3.8, 4) is 0 Å². The number of hydrogen-bond donors (Lipinski definition) is 2. The molecular weight excluding hydrogens is 448 g/mol. The van der Waals surface area contributed by atoms with Gasteiger partial charge in [-0.2, -0.15) is 0 Å². The highest BCUT2D eigenvalue weighted by Crippen LogP contribution is 2.29. The van der Waals surface area contributed by atoms with E-state index in [0.717, 1.165) is 76.1 Å². The summed E-state index contributed by atoms with van der Waals surface area (Å²) in [5.74, 6) is -0.772. The van der Waals surface area contributed by atoms with Crippen LogP contribution in [-0.4, -0.2) is 86.1 Å². The Balaban J connectivity index is 1.91. The Morgan fingerprint density at radius 2 is 1.58 bits per heavy atom. The largest absolute Gasteiger partial charge is 0.481 e. The molecule has 1 aliphatic heterocycles. The maximum atomic E-state index is 11.2. The smallest absolute Gasteiger partial charge is 0.303 e. The van der Waals surface area contributed by atoms with Gasteiger partial charge in [-0.1, -0.05) is 30.3 Å². The lowest BCUT2D eigenvalue weighted by Gasteiger charge is -2.23. The molecule has 0 fully saturated rings. The molecule has 36 heavy (non-hydrogen) atoms. The van der Waals surface area contributed by atoms with Gasteiger partial charge in [0.05, 0.1) is 73.2 Å². The highest BCUT2D eigenvalue weighted by Gasteiger charge is 2.19. The van der Waals surface area contributed by atoms with Crippen molar-refractivity contribution < 1.29 is 18.9 Å². The van der Waals surface area contributed by atoms with E-state index in [2.05, 4.69) is 89.8 Å². The van der Waals surface area contributed by atoms with Gasteiger partial charge in [0, 0.05) is 29.8 Å². The van der Waals surface area contributed by atoms with E-state index >= 15 is 0 Å². The average Bonchev–Trinajstić information content (AvgIpc) is 3.35. The van der Waals surface area contributed by atoms with Crippen molar-refractivity contribution >= 4 is 17.8 Å². The van der Waals surface area contributed by atoms with E-state index in [1.807, 2.05) is 6.07 Å². The molecule has 0 saturated heterocycles. The first-order chi connectivity index (χ1) is 16.9. The number of hydrogen-bond acceptors (Lipinski definition) is 2. The zero-order valence-electron chi connectivity index (χ0n) is 23.0. The van der Waals surface area contributed by atoms with Crippen molar-refractivity contribution in [2.24, 2.45) is 4.99 Å². The van der Waals surface area contributed by atoms with Crippen LogP contribution in [0.15, 0.2) is 58.7 Å². The number of rotatable bonds is 13. The zero-order chi connectivity index (χ0) is 26.3. The third-order valence-corrected chi connectivity index (χ3v) is 6.38. The Morgan fingerprint density at radius 1 is 0.944 bits per heavy atom. The molecule has 6 nitrogen and oxygen atoms in total. The monoisotopic (exact) mass is 492 g/mol. The van der Waals surface area contributed by atoms with E-state index in [1.165, 1.54) is 11.1 Å². The van der Waals surface area contributed by atoms with E-state index in [-0.39, 0.29) is 6.42 Å². The fraction of sp³-hybridized carbons (Fsp3) is 0.467. The molecule has 1 aromatic heterocycles. The predicted molar refractivity (Wildman–Crippen MR) is 149 cm³/mol. The Labute approximate surface area is 216 Å². The summed E-state index contributed by atoms with van der Waals surface area (Å²) in [7, 11) is 13.3. The number of aliphatic carboxylic acids is 1. The SMILES string of the molecule is C[N+](C)(C)CCCC1=CC(c2ccccc2)=NC1=Cc1[nH]c(CCC(=O)O)cc1CCC[N+](C)(C)C. The number of benzene rings is 1. The lowest BCUT2D eigenvalue weighted by atomic mass is 10.0. The number of carbonyl (C=O) groups is 1. The molecule has 0 atom stereocenters. The van der Waals surface area contributed by atoms with Crippen LogP contribution in [0.3, 0.4) is 0 Å². The normalized spacial score (nSPS) is 15.3. The van der Waals surface area contributed by atoms with Crippen LogP contribution in [0.25, 0.3) is 6.08 Å². The quantitative estimate of drug-likeness (QED) is 0.390. The molecule has 0 unspecified atom stereocenters. The second kappa shape index (κ2) is 11.8. The summed E-state index contributed by atoms with van der Waals surface area (Å²) in [5.41, 5.74) is 7.68. The third kappa shape index (κ3) is 8.92.